The fourth-order valence-electron chi connectivity index (χ4n) is 1.29. The van der Waals surface area contributed by atoms with Gasteiger partial charge in [-0.15, -0.1) is 0 Å². The van der Waals surface area contributed by atoms with Gasteiger partial charge in [-0.3, -0.25) is 4.79 Å². The van der Waals surface area contributed by atoms with Crippen molar-refractivity contribution in [3.63, 3.8) is 0 Å². The van der Waals surface area contributed by atoms with Crippen molar-refractivity contribution in [1.82, 2.24) is 0 Å². The monoisotopic (exact) mass is 228 g/mol. The first-order valence-electron chi connectivity index (χ1n) is 5.06. The smallest absolute Gasteiger partial charge is 1.00 e. The van der Waals surface area contributed by atoms with E-state index in [4.69, 9.17) is 5.11 Å². The second-order valence-corrected chi connectivity index (χ2v) is 3.45. The largest absolute Gasteiger partial charge is 1.00 e. The first kappa shape index (κ1) is 17.5. The molecule has 0 aromatic heterocycles. The third-order valence-electron chi connectivity index (χ3n) is 2.05. The molecule has 14 heavy (non-hydrogen) atoms. The van der Waals surface area contributed by atoms with E-state index in [-0.39, 0.29) is 59.2 Å². The number of rotatable bonds is 8. The van der Waals surface area contributed by atoms with E-state index in [0.717, 1.165) is 12.8 Å². The van der Waals surface area contributed by atoms with Gasteiger partial charge in [0.25, 0.3) is 0 Å². The summed E-state index contributed by atoms with van der Waals surface area (Å²) in [5.74, 6) is -0.916. The van der Waals surface area contributed by atoms with Crippen molar-refractivity contribution >= 4 is 5.97 Å². The van der Waals surface area contributed by atoms with E-state index in [9.17, 15) is 9.90 Å². The summed E-state index contributed by atoms with van der Waals surface area (Å²) in [5, 5.41) is 17.6. The predicted octanol–water partition coefficient (Wildman–Crippen LogP) is -0.701. The van der Waals surface area contributed by atoms with Gasteiger partial charge in [0.2, 0.25) is 0 Å². The number of hydrogen-bond donors (Lipinski definition) is 2. The summed E-state index contributed by atoms with van der Waals surface area (Å²) in [6.45, 7) is 2.15. The molecule has 0 spiro atoms. The molecule has 0 amide bonds. The van der Waals surface area contributed by atoms with Crippen LogP contribution >= 0.6 is 0 Å². The molecule has 0 bridgehead atoms. The van der Waals surface area contributed by atoms with E-state index in [0.29, 0.717) is 6.42 Å². The summed E-state index contributed by atoms with van der Waals surface area (Å²) in [4.78, 5) is 10.2. The van der Waals surface area contributed by atoms with Gasteiger partial charge in [0.05, 0.1) is 12.5 Å². The molecule has 0 aliphatic rings. The van der Waals surface area contributed by atoms with Crippen LogP contribution in [0.15, 0.2) is 0 Å². The van der Waals surface area contributed by atoms with E-state index in [1.54, 1.807) is 0 Å². The molecule has 0 rings (SSSR count). The maximum atomic E-state index is 10.2. The van der Waals surface area contributed by atoms with Gasteiger partial charge in [0.1, 0.15) is 0 Å². The van der Waals surface area contributed by atoms with Crippen LogP contribution in [-0.4, -0.2) is 22.3 Å². The van der Waals surface area contributed by atoms with Gasteiger partial charge in [-0.2, -0.15) is 0 Å². The van der Waals surface area contributed by atoms with Gasteiger partial charge in [-0.1, -0.05) is 39.0 Å². The van der Waals surface area contributed by atoms with Crippen molar-refractivity contribution in [2.45, 2.75) is 58.0 Å². The summed E-state index contributed by atoms with van der Waals surface area (Å²) in [6.07, 6.45) is 5.52. The van der Waals surface area contributed by atoms with Crippen LogP contribution < -0.4 is 51.4 Å². The Bertz CT molecular complexity index is 145. The molecule has 80 valence electrons. The minimum atomic E-state index is -0.916. The Morgan fingerprint density at radius 2 is 1.86 bits per heavy atom. The Morgan fingerprint density at radius 3 is 2.36 bits per heavy atom. The van der Waals surface area contributed by atoms with Gasteiger partial charge < -0.3 is 11.6 Å². The van der Waals surface area contributed by atoms with E-state index >= 15 is 0 Å². The number of hydrogen-bond acceptors (Lipinski definition) is 2. The third-order valence-corrected chi connectivity index (χ3v) is 2.05. The second kappa shape index (κ2) is 12.1. The van der Waals surface area contributed by atoms with Gasteiger partial charge in [0, 0.05) is 0 Å². The molecule has 0 aliphatic carbocycles. The van der Waals surface area contributed by atoms with E-state index in [1.807, 2.05) is 0 Å². The molecule has 0 saturated heterocycles. The molecule has 0 aromatic rings. The van der Waals surface area contributed by atoms with Gasteiger partial charge in [-0.25, -0.2) is 0 Å². The van der Waals surface area contributed by atoms with Gasteiger partial charge in [0.15, 0.2) is 0 Å². The molecular formula is C10H21KO3. The normalized spacial score (nSPS) is 11.9. The number of aliphatic hydroxyl groups is 1. The minimum Gasteiger partial charge on any atom is -1.00 e. The van der Waals surface area contributed by atoms with Crippen LogP contribution in [0.5, 0.6) is 0 Å². The third kappa shape index (κ3) is 13.1. The molecule has 0 heterocycles. The summed E-state index contributed by atoms with van der Waals surface area (Å²) in [7, 11) is 0. The average molecular weight is 228 g/mol. The number of unbranched alkanes of at least 4 members (excludes halogenated alkanes) is 4. The molecule has 2 N–H and O–H groups in total. The zero-order chi connectivity index (χ0) is 10.1. The fourth-order valence-corrected chi connectivity index (χ4v) is 1.29. The Hall–Kier alpha value is 1.07. The zero-order valence-electron chi connectivity index (χ0n) is 10.3. The van der Waals surface area contributed by atoms with Crippen molar-refractivity contribution in [3.05, 3.63) is 0 Å². The Kier molecular flexibility index (Phi) is 15.1. The van der Waals surface area contributed by atoms with Crippen molar-refractivity contribution in [2.24, 2.45) is 0 Å². The first-order chi connectivity index (χ1) is 6.16. The number of aliphatic hydroxyl groups excluding tert-OH is 1. The molecule has 0 radical (unpaired) electrons. The molecule has 1 unspecified atom stereocenters. The van der Waals surface area contributed by atoms with Crippen molar-refractivity contribution in [3.8, 4) is 0 Å². The van der Waals surface area contributed by atoms with Crippen molar-refractivity contribution in [2.75, 3.05) is 0 Å². The number of aliphatic carboxylic acids is 1. The zero-order valence-corrected chi connectivity index (χ0v) is 12.5. The SMILES string of the molecule is CCCCCCCC(O)CC(=O)O.[H-].[K+]. The van der Waals surface area contributed by atoms with E-state index in [1.165, 1.54) is 19.3 Å². The van der Waals surface area contributed by atoms with E-state index in [2.05, 4.69) is 6.92 Å². The summed E-state index contributed by atoms with van der Waals surface area (Å²) < 4.78 is 0. The standard InChI is InChI=1S/C10H20O3.K.H/c1-2-3-4-5-6-7-9(11)8-10(12)13;;/h9,11H,2-8H2,1H3,(H,12,13);;/q;+1;-1. The van der Waals surface area contributed by atoms with Crippen LogP contribution in [0.2, 0.25) is 0 Å². The average Bonchev–Trinajstić information content (AvgIpc) is 2.02. The topological polar surface area (TPSA) is 57.5 Å². The molecule has 0 saturated carbocycles. The number of carboxylic acids is 1. The maximum Gasteiger partial charge on any atom is 1.00 e. The molecule has 3 nitrogen and oxygen atoms in total. The molecule has 1 atom stereocenters. The molecular weight excluding hydrogens is 207 g/mol. The fraction of sp³-hybridized carbons (Fsp3) is 0.900. The predicted molar refractivity (Wildman–Crippen MR) is 52.7 cm³/mol. The van der Waals surface area contributed by atoms with Gasteiger partial charge >= 0.3 is 57.4 Å². The van der Waals surface area contributed by atoms with Crippen LogP contribution in [0.1, 0.15) is 53.3 Å². The molecule has 0 aromatic carbocycles. The number of carbonyl (C=O) groups is 1. The van der Waals surface area contributed by atoms with Crippen LogP contribution in [0.3, 0.4) is 0 Å². The second-order valence-electron chi connectivity index (χ2n) is 3.45. The van der Waals surface area contributed by atoms with Crippen LogP contribution in [0.4, 0.5) is 0 Å². The Balaban J connectivity index is -0.000000720. The minimum absolute atomic E-state index is 0. The van der Waals surface area contributed by atoms with Crippen LogP contribution in [0, 0.1) is 0 Å². The first-order valence-corrected chi connectivity index (χ1v) is 5.06. The van der Waals surface area contributed by atoms with Crippen LogP contribution in [0.25, 0.3) is 0 Å². The van der Waals surface area contributed by atoms with Crippen LogP contribution in [-0.2, 0) is 4.79 Å². The van der Waals surface area contributed by atoms with Crippen molar-refractivity contribution in [1.29, 1.82) is 0 Å². The van der Waals surface area contributed by atoms with E-state index < -0.39 is 12.1 Å². The quantitative estimate of drug-likeness (QED) is 0.427. The maximum absolute atomic E-state index is 10.2. The summed E-state index contributed by atoms with van der Waals surface area (Å²) in [5.41, 5.74) is 0. The van der Waals surface area contributed by atoms with Crippen molar-refractivity contribution < 1.29 is 67.8 Å². The number of carboxylic acid groups (broad SMARTS) is 1. The Labute approximate surface area is 130 Å². The molecule has 4 heteroatoms. The Morgan fingerprint density at radius 1 is 1.29 bits per heavy atom. The summed E-state index contributed by atoms with van der Waals surface area (Å²) >= 11 is 0. The van der Waals surface area contributed by atoms with Gasteiger partial charge in [-0.05, 0) is 6.42 Å². The molecule has 0 aliphatic heterocycles. The molecule has 0 fully saturated rings. The summed E-state index contributed by atoms with van der Waals surface area (Å²) in [6, 6.07) is 0.